The van der Waals surface area contributed by atoms with Crippen LogP contribution in [0.1, 0.15) is 17.5 Å². The molecule has 5 nitrogen and oxygen atoms in total. The maximum absolute atomic E-state index is 14.1. The maximum atomic E-state index is 14.1. The minimum absolute atomic E-state index is 0.0396. The zero-order chi connectivity index (χ0) is 15.7. The van der Waals surface area contributed by atoms with Crippen molar-refractivity contribution in [3.63, 3.8) is 0 Å². The Labute approximate surface area is 128 Å². The van der Waals surface area contributed by atoms with Crippen molar-refractivity contribution in [2.75, 3.05) is 25.6 Å². The van der Waals surface area contributed by atoms with Crippen LogP contribution in [0.15, 0.2) is 12.1 Å². The highest BCUT2D eigenvalue weighted by Crippen LogP contribution is 2.31. The van der Waals surface area contributed by atoms with Gasteiger partial charge in [-0.25, -0.2) is 4.39 Å². The predicted octanol–water partition coefficient (Wildman–Crippen LogP) is 0.848. The van der Waals surface area contributed by atoms with Gasteiger partial charge in [-0.2, -0.15) is 0 Å². The maximum Gasteiger partial charge on any atom is 0.241 e. The summed E-state index contributed by atoms with van der Waals surface area (Å²) in [6.45, 7) is 0.700. The fourth-order valence-corrected chi connectivity index (χ4v) is 3.29. The number of fused-ring (bicyclic) bond motifs is 1. The molecule has 1 aromatic carbocycles. The molecule has 0 aromatic heterocycles. The summed E-state index contributed by atoms with van der Waals surface area (Å²) in [6.07, 6.45) is 1.87. The second kappa shape index (κ2) is 6.32. The lowest BCUT2D eigenvalue weighted by molar-refractivity contribution is -0.118. The summed E-state index contributed by atoms with van der Waals surface area (Å²) in [5.74, 6) is -0.400. The average molecular weight is 308 g/mol. The second-order valence-corrected chi connectivity index (χ2v) is 6.10. The summed E-state index contributed by atoms with van der Waals surface area (Å²) in [4.78, 5) is 12.2. The van der Waals surface area contributed by atoms with Crippen molar-refractivity contribution in [2.24, 2.45) is 5.92 Å². The lowest BCUT2D eigenvalue weighted by Crippen LogP contribution is -2.35. The van der Waals surface area contributed by atoms with Crippen LogP contribution in [-0.2, 0) is 22.4 Å². The second-order valence-electron chi connectivity index (χ2n) is 6.10. The Hall–Kier alpha value is -1.50. The number of methoxy groups -OCH3 is 1. The molecule has 1 aliphatic carbocycles. The number of nitrogens with one attached hydrogen (secondary N) is 2. The molecule has 1 fully saturated rings. The van der Waals surface area contributed by atoms with Crippen LogP contribution in [0.2, 0.25) is 0 Å². The minimum atomic E-state index is -0.313. The van der Waals surface area contributed by atoms with E-state index in [0.29, 0.717) is 37.1 Å². The molecule has 1 unspecified atom stereocenters. The third-order valence-electron chi connectivity index (χ3n) is 4.56. The summed E-state index contributed by atoms with van der Waals surface area (Å²) in [6, 6.07) is 2.86. The van der Waals surface area contributed by atoms with E-state index < -0.39 is 0 Å². The third kappa shape index (κ3) is 2.99. The normalized spacial score (nSPS) is 27.0. The number of benzene rings is 1. The van der Waals surface area contributed by atoms with Gasteiger partial charge in [0.2, 0.25) is 5.91 Å². The number of aliphatic hydroxyl groups excluding tert-OH is 1. The zero-order valence-corrected chi connectivity index (χ0v) is 12.6. The van der Waals surface area contributed by atoms with Crippen molar-refractivity contribution in [3.05, 3.63) is 29.1 Å². The highest BCUT2D eigenvalue weighted by Gasteiger charge is 2.30. The summed E-state index contributed by atoms with van der Waals surface area (Å²) in [5.41, 5.74) is 2.02. The highest BCUT2D eigenvalue weighted by atomic mass is 19.1. The van der Waals surface area contributed by atoms with Gasteiger partial charge in [0.1, 0.15) is 5.82 Å². The number of rotatable bonds is 4. The van der Waals surface area contributed by atoms with E-state index in [9.17, 15) is 14.3 Å². The quantitative estimate of drug-likeness (QED) is 0.771. The number of halogens is 1. The fourth-order valence-electron chi connectivity index (χ4n) is 3.29. The molecular formula is C16H21FN2O3. The van der Waals surface area contributed by atoms with E-state index in [0.717, 1.165) is 5.56 Å². The average Bonchev–Trinajstić information content (AvgIpc) is 3.13. The first-order valence-corrected chi connectivity index (χ1v) is 7.60. The fraction of sp³-hybridized carbons (Fsp3) is 0.562. The number of carbonyl (C=O) groups excluding carboxylic acids is 1. The van der Waals surface area contributed by atoms with Crippen molar-refractivity contribution in [2.45, 2.75) is 31.4 Å². The molecule has 3 N–H and O–H groups in total. The van der Waals surface area contributed by atoms with Crippen LogP contribution in [0, 0.1) is 11.7 Å². The Morgan fingerprint density at radius 1 is 1.50 bits per heavy atom. The Morgan fingerprint density at radius 3 is 3.00 bits per heavy atom. The molecule has 1 aromatic rings. The minimum Gasteiger partial charge on any atom is -0.396 e. The summed E-state index contributed by atoms with van der Waals surface area (Å²) in [7, 11) is 1.63. The molecule has 120 valence electrons. The Morgan fingerprint density at radius 2 is 2.32 bits per heavy atom. The first-order valence-electron chi connectivity index (χ1n) is 7.60. The SMILES string of the molecule is CO[C@H]1CN[C@H](C(=O)Nc2cc(F)c3c(c2)CC(CO)C3)C1. The molecule has 1 heterocycles. The van der Waals surface area contributed by atoms with Gasteiger partial charge in [0.25, 0.3) is 0 Å². The van der Waals surface area contributed by atoms with Gasteiger partial charge in [0.15, 0.2) is 0 Å². The van der Waals surface area contributed by atoms with Gasteiger partial charge < -0.3 is 20.5 Å². The van der Waals surface area contributed by atoms with Crippen molar-refractivity contribution in [1.29, 1.82) is 0 Å². The molecule has 22 heavy (non-hydrogen) atoms. The number of hydrogen-bond acceptors (Lipinski definition) is 4. The van der Waals surface area contributed by atoms with Crippen LogP contribution in [0.3, 0.4) is 0 Å². The van der Waals surface area contributed by atoms with Crippen LogP contribution in [0.4, 0.5) is 10.1 Å². The summed E-state index contributed by atoms with van der Waals surface area (Å²) < 4.78 is 19.4. The number of amides is 1. The van der Waals surface area contributed by atoms with E-state index in [1.165, 1.54) is 6.07 Å². The Balaban J connectivity index is 1.69. The van der Waals surface area contributed by atoms with Gasteiger partial charge in [-0.1, -0.05) is 0 Å². The van der Waals surface area contributed by atoms with Gasteiger partial charge in [-0.15, -0.1) is 0 Å². The van der Waals surface area contributed by atoms with Crippen LogP contribution in [0.5, 0.6) is 0 Å². The molecule has 1 amide bonds. The van der Waals surface area contributed by atoms with Crippen molar-refractivity contribution >= 4 is 11.6 Å². The number of aliphatic hydroxyl groups is 1. The van der Waals surface area contributed by atoms with E-state index >= 15 is 0 Å². The van der Waals surface area contributed by atoms with Gasteiger partial charge in [0.05, 0.1) is 12.1 Å². The zero-order valence-electron chi connectivity index (χ0n) is 12.6. The lowest BCUT2D eigenvalue weighted by Gasteiger charge is -2.13. The Kier molecular flexibility index (Phi) is 4.42. The third-order valence-corrected chi connectivity index (χ3v) is 4.56. The molecule has 1 saturated heterocycles. The van der Waals surface area contributed by atoms with Gasteiger partial charge >= 0.3 is 0 Å². The van der Waals surface area contributed by atoms with Crippen LogP contribution in [-0.4, -0.2) is 43.4 Å². The van der Waals surface area contributed by atoms with Crippen LogP contribution < -0.4 is 10.6 Å². The van der Waals surface area contributed by atoms with Gasteiger partial charge in [0, 0.05) is 25.9 Å². The monoisotopic (exact) mass is 308 g/mol. The van der Waals surface area contributed by atoms with Gasteiger partial charge in [-0.05, 0) is 48.4 Å². The molecule has 3 atom stereocenters. The smallest absolute Gasteiger partial charge is 0.241 e. The Bertz CT molecular complexity index is 579. The van der Waals surface area contributed by atoms with E-state index in [2.05, 4.69) is 10.6 Å². The number of hydrogen-bond donors (Lipinski definition) is 3. The standard InChI is InChI=1S/C16H21FN2O3/c1-22-12-6-15(18-7-12)16(21)19-11-4-10-2-9(8-20)3-13(10)14(17)5-11/h4-5,9,12,15,18,20H,2-3,6-8H2,1H3,(H,19,21)/t9?,12-,15+/m1/s1. The first-order chi connectivity index (χ1) is 10.6. The number of carbonyl (C=O) groups is 1. The van der Waals surface area contributed by atoms with Crippen LogP contribution in [0.25, 0.3) is 0 Å². The molecule has 0 spiro atoms. The molecule has 6 heteroatoms. The lowest BCUT2D eigenvalue weighted by atomic mass is 10.1. The summed E-state index contributed by atoms with van der Waals surface area (Å²) in [5, 5.41) is 15.1. The van der Waals surface area contributed by atoms with E-state index in [4.69, 9.17) is 4.74 Å². The molecule has 0 radical (unpaired) electrons. The topological polar surface area (TPSA) is 70.6 Å². The number of ether oxygens (including phenoxy) is 1. The van der Waals surface area contributed by atoms with Crippen molar-refractivity contribution in [3.8, 4) is 0 Å². The summed E-state index contributed by atoms with van der Waals surface area (Å²) >= 11 is 0. The molecule has 0 saturated carbocycles. The molecule has 1 aliphatic heterocycles. The molecule has 3 rings (SSSR count). The van der Waals surface area contributed by atoms with E-state index in [-0.39, 0.29) is 36.4 Å². The van der Waals surface area contributed by atoms with E-state index in [1.54, 1.807) is 7.11 Å². The van der Waals surface area contributed by atoms with Crippen molar-refractivity contribution in [1.82, 2.24) is 5.32 Å². The van der Waals surface area contributed by atoms with Crippen molar-refractivity contribution < 1.29 is 19.0 Å². The van der Waals surface area contributed by atoms with Crippen LogP contribution >= 0.6 is 0 Å². The van der Waals surface area contributed by atoms with E-state index in [1.807, 2.05) is 6.07 Å². The highest BCUT2D eigenvalue weighted by molar-refractivity contribution is 5.95. The van der Waals surface area contributed by atoms with Gasteiger partial charge in [-0.3, -0.25) is 4.79 Å². The molecule has 2 aliphatic rings. The first kappa shape index (κ1) is 15.4. The number of anilines is 1. The largest absolute Gasteiger partial charge is 0.396 e. The molecule has 0 bridgehead atoms. The predicted molar refractivity (Wildman–Crippen MR) is 80.2 cm³/mol. The molecular weight excluding hydrogens is 287 g/mol.